The molecule has 6 heteroatoms. The second-order valence-electron chi connectivity index (χ2n) is 5.81. The zero-order chi connectivity index (χ0) is 16.2. The van der Waals surface area contributed by atoms with Crippen LogP contribution in [0.1, 0.15) is 29.2 Å². The molecule has 1 heterocycles. The van der Waals surface area contributed by atoms with Crippen LogP contribution in [0.3, 0.4) is 0 Å². The summed E-state index contributed by atoms with van der Waals surface area (Å²) in [4.78, 5) is 5.61. The van der Waals surface area contributed by atoms with Gasteiger partial charge in [0.25, 0.3) is 0 Å². The summed E-state index contributed by atoms with van der Waals surface area (Å²) in [6, 6.07) is 8.03. The molecule has 3 N–H and O–H groups in total. The quantitative estimate of drug-likeness (QED) is 0.650. The lowest BCUT2D eigenvalue weighted by Gasteiger charge is -2.36. The topological polar surface area (TPSA) is 50.4 Å². The standard InChI is InChI=1S/C17H19F2N3S/c18-13-6-11(7-14(19)10-13)12-8-15(9-12)22-17(20)21-4-3-16-2-1-5-23-16/h1-2,5-7,10,12,15H,3-4,8-9H2,(H3,20,21,22). The van der Waals surface area contributed by atoms with E-state index in [1.165, 1.54) is 17.0 Å². The largest absolute Gasteiger partial charge is 0.370 e. The lowest BCUT2D eigenvalue weighted by molar-refractivity contribution is 0.322. The van der Waals surface area contributed by atoms with Crippen LogP contribution in [0, 0.1) is 11.6 Å². The average molecular weight is 335 g/mol. The van der Waals surface area contributed by atoms with Gasteiger partial charge in [0.1, 0.15) is 11.6 Å². The Kier molecular flexibility index (Phi) is 4.91. The maximum absolute atomic E-state index is 13.2. The van der Waals surface area contributed by atoms with Gasteiger partial charge in [0.05, 0.1) is 0 Å². The fourth-order valence-corrected chi connectivity index (χ4v) is 3.51. The first-order chi connectivity index (χ1) is 11.1. The van der Waals surface area contributed by atoms with Crippen molar-refractivity contribution in [3.63, 3.8) is 0 Å². The van der Waals surface area contributed by atoms with Crippen LogP contribution in [-0.4, -0.2) is 18.5 Å². The first-order valence-corrected chi connectivity index (χ1v) is 8.53. The van der Waals surface area contributed by atoms with Crippen LogP contribution in [0.4, 0.5) is 8.78 Å². The van der Waals surface area contributed by atoms with E-state index in [1.807, 2.05) is 11.4 Å². The molecule has 0 radical (unpaired) electrons. The number of nitrogens with one attached hydrogen (secondary N) is 1. The van der Waals surface area contributed by atoms with E-state index in [4.69, 9.17) is 5.73 Å². The van der Waals surface area contributed by atoms with E-state index in [-0.39, 0.29) is 12.0 Å². The molecular weight excluding hydrogens is 316 g/mol. The minimum atomic E-state index is -0.522. The molecule has 1 aliphatic rings. The number of halogens is 2. The first-order valence-electron chi connectivity index (χ1n) is 7.65. The number of thiophene rings is 1. The highest BCUT2D eigenvalue weighted by atomic mass is 32.1. The van der Waals surface area contributed by atoms with Crippen LogP contribution in [0.5, 0.6) is 0 Å². The first kappa shape index (κ1) is 15.9. The number of hydrogen-bond acceptors (Lipinski definition) is 2. The molecule has 0 aliphatic heterocycles. The number of aliphatic imine (C=N–C) groups is 1. The zero-order valence-electron chi connectivity index (χ0n) is 12.6. The molecule has 1 aromatic heterocycles. The van der Waals surface area contributed by atoms with Crippen molar-refractivity contribution in [2.24, 2.45) is 10.7 Å². The van der Waals surface area contributed by atoms with Gasteiger partial charge >= 0.3 is 0 Å². The van der Waals surface area contributed by atoms with E-state index in [0.29, 0.717) is 18.1 Å². The molecule has 1 saturated carbocycles. The summed E-state index contributed by atoms with van der Waals surface area (Å²) in [6.07, 6.45) is 2.50. The Bertz CT molecular complexity index is 659. The molecule has 0 bridgehead atoms. The Hall–Kier alpha value is -1.95. The van der Waals surface area contributed by atoms with E-state index in [1.54, 1.807) is 11.3 Å². The molecule has 3 rings (SSSR count). The number of guanidine groups is 1. The summed E-state index contributed by atoms with van der Waals surface area (Å²) in [6.45, 7) is 0.657. The molecule has 0 saturated heterocycles. The molecule has 1 aromatic carbocycles. The normalized spacial score (nSPS) is 21.0. The minimum Gasteiger partial charge on any atom is -0.370 e. The third-order valence-electron chi connectivity index (χ3n) is 4.07. The average Bonchev–Trinajstić information content (AvgIpc) is 2.94. The Labute approximate surface area is 138 Å². The van der Waals surface area contributed by atoms with Crippen molar-refractivity contribution in [2.45, 2.75) is 31.2 Å². The highest BCUT2D eigenvalue weighted by molar-refractivity contribution is 7.09. The molecule has 122 valence electrons. The maximum atomic E-state index is 13.2. The Morgan fingerprint density at radius 3 is 2.65 bits per heavy atom. The molecule has 3 nitrogen and oxygen atoms in total. The summed E-state index contributed by atoms with van der Waals surface area (Å²) in [7, 11) is 0. The van der Waals surface area contributed by atoms with Crippen LogP contribution < -0.4 is 11.1 Å². The summed E-state index contributed by atoms with van der Waals surface area (Å²) >= 11 is 1.71. The molecule has 0 unspecified atom stereocenters. The van der Waals surface area contributed by atoms with Crippen molar-refractivity contribution in [2.75, 3.05) is 6.54 Å². The molecule has 0 atom stereocenters. The van der Waals surface area contributed by atoms with Crippen molar-refractivity contribution in [1.82, 2.24) is 5.32 Å². The number of rotatable bonds is 5. The van der Waals surface area contributed by atoms with Crippen LogP contribution >= 0.6 is 11.3 Å². The maximum Gasteiger partial charge on any atom is 0.188 e. The van der Waals surface area contributed by atoms with Gasteiger partial charge < -0.3 is 11.1 Å². The predicted molar refractivity (Wildman–Crippen MR) is 89.8 cm³/mol. The van der Waals surface area contributed by atoms with Crippen LogP contribution in [0.15, 0.2) is 40.7 Å². The summed E-state index contributed by atoms with van der Waals surface area (Å²) in [5.74, 6) is -0.427. The van der Waals surface area contributed by atoms with Crippen LogP contribution in [0.2, 0.25) is 0 Å². The van der Waals surface area contributed by atoms with Gasteiger partial charge in [-0.15, -0.1) is 11.3 Å². The van der Waals surface area contributed by atoms with Crippen molar-refractivity contribution in [1.29, 1.82) is 0 Å². The van der Waals surface area contributed by atoms with Gasteiger partial charge in [-0.2, -0.15) is 0 Å². The molecule has 23 heavy (non-hydrogen) atoms. The molecule has 2 aromatic rings. The lowest BCUT2D eigenvalue weighted by atomic mass is 9.76. The van der Waals surface area contributed by atoms with Crippen LogP contribution in [0.25, 0.3) is 0 Å². The van der Waals surface area contributed by atoms with Gasteiger partial charge in [0.2, 0.25) is 0 Å². The fourth-order valence-electron chi connectivity index (χ4n) is 2.81. The minimum absolute atomic E-state index is 0.177. The molecule has 0 amide bonds. The number of benzene rings is 1. The highest BCUT2D eigenvalue weighted by Crippen LogP contribution is 2.37. The monoisotopic (exact) mass is 335 g/mol. The number of nitrogens with zero attached hydrogens (tertiary/aromatic N) is 1. The molecule has 0 spiro atoms. The summed E-state index contributed by atoms with van der Waals surface area (Å²) in [5, 5.41) is 5.22. The number of hydrogen-bond donors (Lipinski definition) is 2. The van der Waals surface area contributed by atoms with Crippen molar-refractivity contribution in [3.05, 3.63) is 57.8 Å². The van der Waals surface area contributed by atoms with Gasteiger partial charge in [-0.25, -0.2) is 8.78 Å². The third-order valence-corrected chi connectivity index (χ3v) is 5.00. The SMILES string of the molecule is NC(=NCCc1cccs1)NC1CC(c2cc(F)cc(F)c2)C1. The van der Waals surface area contributed by atoms with Crippen LogP contribution in [-0.2, 0) is 6.42 Å². The summed E-state index contributed by atoms with van der Waals surface area (Å²) < 4.78 is 26.4. The van der Waals surface area contributed by atoms with Crippen molar-refractivity contribution in [3.8, 4) is 0 Å². The van der Waals surface area contributed by atoms with E-state index in [9.17, 15) is 8.78 Å². The fraction of sp³-hybridized carbons (Fsp3) is 0.353. The lowest BCUT2D eigenvalue weighted by Crippen LogP contribution is -2.46. The highest BCUT2D eigenvalue weighted by Gasteiger charge is 2.31. The van der Waals surface area contributed by atoms with Gasteiger partial charge in [-0.3, -0.25) is 4.99 Å². The van der Waals surface area contributed by atoms with Crippen molar-refractivity contribution >= 4 is 17.3 Å². The van der Waals surface area contributed by atoms with Crippen molar-refractivity contribution < 1.29 is 8.78 Å². The Morgan fingerprint density at radius 2 is 2.00 bits per heavy atom. The van der Waals surface area contributed by atoms with Gasteiger partial charge in [-0.1, -0.05) is 6.07 Å². The molecule has 1 fully saturated rings. The zero-order valence-corrected chi connectivity index (χ0v) is 13.5. The number of nitrogens with two attached hydrogens (primary N) is 1. The van der Waals surface area contributed by atoms with Gasteiger partial charge in [-0.05, 0) is 47.9 Å². The molecule has 1 aliphatic carbocycles. The second-order valence-corrected chi connectivity index (χ2v) is 6.84. The van der Waals surface area contributed by atoms with E-state index in [0.717, 1.165) is 25.3 Å². The Morgan fingerprint density at radius 1 is 1.26 bits per heavy atom. The van der Waals surface area contributed by atoms with Gasteiger partial charge in [0.15, 0.2) is 5.96 Å². The smallest absolute Gasteiger partial charge is 0.188 e. The summed E-state index contributed by atoms with van der Waals surface area (Å²) in [5.41, 5.74) is 6.59. The van der Waals surface area contributed by atoms with E-state index in [2.05, 4.69) is 16.4 Å². The van der Waals surface area contributed by atoms with E-state index < -0.39 is 11.6 Å². The van der Waals surface area contributed by atoms with Gasteiger partial charge in [0, 0.05) is 30.0 Å². The second kappa shape index (κ2) is 7.08. The van der Waals surface area contributed by atoms with E-state index >= 15 is 0 Å². The predicted octanol–water partition coefficient (Wildman–Crippen LogP) is 3.42. The molecular formula is C17H19F2N3S. The Balaban J connectivity index is 1.44. The third kappa shape index (κ3) is 4.28.